The van der Waals surface area contributed by atoms with Gasteiger partial charge in [-0.3, -0.25) is 4.79 Å². The summed E-state index contributed by atoms with van der Waals surface area (Å²) in [5, 5.41) is 0.659. The Kier molecular flexibility index (Phi) is 3.84. The summed E-state index contributed by atoms with van der Waals surface area (Å²) in [6, 6.07) is 9.49. The highest BCUT2D eigenvalue weighted by atomic mass is 35.5. The van der Waals surface area contributed by atoms with Crippen LogP contribution in [0.5, 0.6) is 0 Å². The molecule has 1 atom stereocenters. The Labute approximate surface area is 134 Å². The van der Waals surface area contributed by atoms with Crippen molar-refractivity contribution in [1.82, 2.24) is 4.57 Å². The number of thiophene rings is 1. The third-order valence-corrected chi connectivity index (χ3v) is 5.57. The van der Waals surface area contributed by atoms with Gasteiger partial charge in [0.25, 0.3) is 5.43 Å². The summed E-state index contributed by atoms with van der Waals surface area (Å²) in [6.45, 7) is 0. The van der Waals surface area contributed by atoms with Crippen LogP contribution in [0.1, 0.15) is 0 Å². The molecule has 0 amide bonds. The van der Waals surface area contributed by atoms with Crippen LogP contribution in [0.15, 0.2) is 46.2 Å². The van der Waals surface area contributed by atoms with Crippen LogP contribution in [-0.2, 0) is 18.2 Å². The van der Waals surface area contributed by atoms with Crippen LogP contribution in [0.3, 0.4) is 0 Å². The Hall–Kier alpha value is -1.27. The summed E-state index contributed by atoms with van der Waals surface area (Å²) in [4.78, 5) is 13.7. The van der Waals surface area contributed by atoms with Gasteiger partial charge in [0.05, 0.1) is 11.7 Å². The maximum Gasteiger partial charge on any atom is 0.254 e. The van der Waals surface area contributed by atoms with Gasteiger partial charge < -0.3 is 9.12 Å². The zero-order valence-corrected chi connectivity index (χ0v) is 13.8. The Balaban J connectivity index is 2.28. The van der Waals surface area contributed by atoms with Gasteiger partial charge in [0.1, 0.15) is 11.0 Å². The molecule has 0 radical (unpaired) electrons. The molecule has 0 fully saturated rings. The van der Waals surface area contributed by atoms with E-state index in [1.54, 1.807) is 6.20 Å². The van der Waals surface area contributed by atoms with Crippen LogP contribution >= 0.6 is 22.9 Å². The molecule has 0 saturated heterocycles. The fourth-order valence-electron chi connectivity index (χ4n) is 2.21. The van der Waals surface area contributed by atoms with Gasteiger partial charge >= 0.3 is 0 Å². The lowest BCUT2D eigenvalue weighted by molar-refractivity contribution is 0.599. The predicted molar refractivity (Wildman–Crippen MR) is 89.8 cm³/mol. The first-order chi connectivity index (χ1) is 9.97. The smallest absolute Gasteiger partial charge is 0.254 e. The van der Waals surface area contributed by atoms with Crippen LogP contribution in [-0.4, -0.2) is 15.4 Å². The van der Waals surface area contributed by atoms with Crippen molar-refractivity contribution in [3.63, 3.8) is 0 Å². The highest BCUT2D eigenvalue weighted by Crippen LogP contribution is 2.33. The number of benzene rings is 1. The molecule has 2 aromatic heterocycles. The molecule has 0 bridgehead atoms. The molecule has 3 nitrogen and oxygen atoms in total. The van der Waals surface area contributed by atoms with Gasteiger partial charge in [-0.2, -0.15) is 0 Å². The topological polar surface area (TPSA) is 45.1 Å². The van der Waals surface area contributed by atoms with Gasteiger partial charge in [-0.25, -0.2) is 0 Å². The SMILES string of the molecule is Cn1cc([S+](C)[O-])c(=O)c2sc(-c3cccc(Cl)c3)cc21. The van der Waals surface area contributed by atoms with E-state index in [4.69, 9.17) is 11.6 Å². The first-order valence-electron chi connectivity index (χ1n) is 6.20. The molecule has 0 spiro atoms. The lowest BCUT2D eigenvalue weighted by Crippen LogP contribution is -2.15. The van der Waals surface area contributed by atoms with Crippen molar-refractivity contribution in [2.45, 2.75) is 4.90 Å². The van der Waals surface area contributed by atoms with E-state index in [0.29, 0.717) is 14.6 Å². The summed E-state index contributed by atoms with van der Waals surface area (Å²) in [7, 11) is 1.85. The third kappa shape index (κ3) is 2.62. The molecule has 1 unspecified atom stereocenters. The second-order valence-corrected chi connectivity index (χ2v) is 7.56. The van der Waals surface area contributed by atoms with Crippen molar-refractivity contribution in [3.8, 4) is 10.4 Å². The number of fused-ring (bicyclic) bond motifs is 1. The van der Waals surface area contributed by atoms with Crippen molar-refractivity contribution < 1.29 is 4.55 Å². The first kappa shape index (κ1) is 14.7. The second-order valence-electron chi connectivity index (χ2n) is 4.72. The third-order valence-electron chi connectivity index (χ3n) is 3.25. The zero-order chi connectivity index (χ0) is 15.1. The molecular formula is C15H12ClNO2S2. The highest BCUT2D eigenvalue weighted by Gasteiger charge is 2.17. The number of halogens is 1. The zero-order valence-electron chi connectivity index (χ0n) is 11.4. The van der Waals surface area contributed by atoms with Gasteiger partial charge in [0.15, 0.2) is 0 Å². The van der Waals surface area contributed by atoms with E-state index in [2.05, 4.69) is 0 Å². The fourth-order valence-corrected chi connectivity index (χ4v) is 4.28. The quantitative estimate of drug-likeness (QED) is 0.670. The summed E-state index contributed by atoms with van der Waals surface area (Å²) in [5.74, 6) is 0. The van der Waals surface area contributed by atoms with E-state index in [-0.39, 0.29) is 5.43 Å². The number of nitrogens with zero attached hydrogens (tertiary/aromatic N) is 1. The van der Waals surface area contributed by atoms with E-state index in [1.807, 2.05) is 41.9 Å². The molecule has 1 aromatic carbocycles. The Bertz CT molecular complexity index is 883. The van der Waals surface area contributed by atoms with Crippen LogP contribution in [0.4, 0.5) is 0 Å². The number of hydrogen-bond donors (Lipinski definition) is 0. The molecule has 2 heterocycles. The minimum Gasteiger partial charge on any atom is -0.612 e. The highest BCUT2D eigenvalue weighted by molar-refractivity contribution is 7.90. The number of rotatable bonds is 2. The lowest BCUT2D eigenvalue weighted by atomic mass is 10.2. The summed E-state index contributed by atoms with van der Waals surface area (Å²) >= 11 is 6.13. The van der Waals surface area contributed by atoms with Crippen molar-refractivity contribution in [1.29, 1.82) is 0 Å². The second kappa shape index (κ2) is 5.50. The molecule has 6 heteroatoms. The minimum absolute atomic E-state index is 0.151. The van der Waals surface area contributed by atoms with E-state index in [0.717, 1.165) is 16.0 Å². The number of pyridine rings is 1. The Morgan fingerprint density at radius 3 is 2.76 bits per heavy atom. The van der Waals surface area contributed by atoms with E-state index in [9.17, 15) is 9.35 Å². The van der Waals surface area contributed by atoms with Gasteiger partial charge in [0.2, 0.25) is 4.90 Å². The normalized spacial score (nSPS) is 12.8. The predicted octanol–water partition coefficient (Wildman–Crippen LogP) is 3.66. The molecular weight excluding hydrogens is 326 g/mol. The summed E-state index contributed by atoms with van der Waals surface area (Å²) in [5.41, 5.74) is 1.67. The molecule has 3 rings (SSSR count). The molecule has 0 N–H and O–H groups in total. The number of hydrogen-bond acceptors (Lipinski definition) is 3. The monoisotopic (exact) mass is 337 g/mol. The van der Waals surface area contributed by atoms with Gasteiger partial charge in [-0.1, -0.05) is 23.7 Å². The minimum atomic E-state index is -1.29. The van der Waals surface area contributed by atoms with Crippen molar-refractivity contribution in [3.05, 3.63) is 51.8 Å². The molecule has 0 aliphatic carbocycles. The largest absolute Gasteiger partial charge is 0.612 e. The maximum absolute atomic E-state index is 12.4. The van der Waals surface area contributed by atoms with Crippen molar-refractivity contribution in [2.24, 2.45) is 7.05 Å². The summed E-state index contributed by atoms with van der Waals surface area (Å²) in [6.07, 6.45) is 3.17. The fraction of sp³-hybridized carbons (Fsp3) is 0.133. The first-order valence-corrected chi connectivity index (χ1v) is 8.95. The molecule has 0 aliphatic heterocycles. The molecule has 21 heavy (non-hydrogen) atoms. The average Bonchev–Trinajstić information content (AvgIpc) is 2.88. The Morgan fingerprint density at radius 2 is 2.10 bits per heavy atom. The van der Waals surface area contributed by atoms with Crippen LogP contribution in [0.25, 0.3) is 20.7 Å². The van der Waals surface area contributed by atoms with E-state index < -0.39 is 11.2 Å². The van der Waals surface area contributed by atoms with Crippen molar-refractivity contribution in [2.75, 3.05) is 6.26 Å². The lowest BCUT2D eigenvalue weighted by Gasteiger charge is -2.06. The Morgan fingerprint density at radius 1 is 1.33 bits per heavy atom. The van der Waals surface area contributed by atoms with Gasteiger partial charge in [-0.15, -0.1) is 11.3 Å². The van der Waals surface area contributed by atoms with Crippen LogP contribution < -0.4 is 5.43 Å². The molecule has 3 aromatic rings. The van der Waals surface area contributed by atoms with Crippen LogP contribution in [0.2, 0.25) is 5.02 Å². The maximum atomic E-state index is 12.4. The summed E-state index contributed by atoms with van der Waals surface area (Å²) < 4.78 is 14.1. The van der Waals surface area contributed by atoms with E-state index in [1.165, 1.54) is 17.6 Å². The van der Waals surface area contributed by atoms with Crippen LogP contribution in [0, 0.1) is 0 Å². The standard InChI is InChI=1S/C15H12ClNO2S2/c1-17-8-13(21(2)19)14(18)15-11(17)7-12(20-15)9-4-3-5-10(16)6-9/h3-8H,1-2H3. The number of aryl methyl sites for hydroxylation is 1. The van der Waals surface area contributed by atoms with Gasteiger partial charge in [-0.05, 0) is 34.9 Å². The molecule has 108 valence electrons. The van der Waals surface area contributed by atoms with Crippen molar-refractivity contribution >= 4 is 44.3 Å². The van der Waals surface area contributed by atoms with Gasteiger partial charge in [0, 0.05) is 16.9 Å². The molecule has 0 saturated carbocycles. The number of aromatic nitrogens is 1. The molecule has 0 aliphatic rings. The van der Waals surface area contributed by atoms with E-state index >= 15 is 0 Å². The average molecular weight is 338 g/mol.